The van der Waals surface area contributed by atoms with Crippen LogP contribution in [0.25, 0.3) is 0 Å². The Labute approximate surface area is 113 Å². The van der Waals surface area contributed by atoms with Gasteiger partial charge in [0.25, 0.3) is 0 Å². The monoisotopic (exact) mass is 317 g/mol. The molecule has 1 aromatic rings. The average molecular weight is 318 g/mol. The van der Waals surface area contributed by atoms with Crippen molar-refractivity contribution >= 4 is 21.7 Å². The maximum absolute atomic E-state index is 13.8. The van der Waals surface area contributed by atoms with Gasteiger partial charge in [-0.05, 0) is 54.4 Å². The summed E-state index contributed by atoms with van der Waals surface area (Å²) < 4.78 is 27.5. The summed E-state index contributed by atoms with van der Waals surface area (Å²) in [6.07, 6.45) is 1.40. The van der Waals surface area contributed by atoms with Crippen LogP contribution in [0.3, 0.4) is 0 Å². The molecule has 0 bridgehead atoms. The molecule has 0 aliphatic carbocycles. The van der Waals surface area contributed by atoms with Gasteiger partial charge in [-0.3, -0.25) is 4.79 Å². The molecule has 98 valence electrons. The fourth-order valence-electron chi connectivity index (χ4n) is 2.22. The van der Waals surface area contributed by atoms with Gasteiger partial charge in [0.1, 0.15) is 11.6 Å². The van der Waals surface area contributed by atoms with Gasteiger partial charge < -0.3 is 5.32 Å². The second kappa shape index (κ2) is 5.05. The Morgan fingerprint density at radius 3 is 2.83 bits per heavy atom. The summed E-state index contributed by atoms with van der Waals surface area (Å²) in [7, 11) is 0. The van der Waals surface area contributed by atoms with Crippen molar-refractivity contribution in [3.8, 4) is 0 Å². The molecule has 1 aliphatic heterocycles. The quantitative estimate of drug-likeness (QED) is 0.868. The minimum absolute atomic E-state index is 0.163. The van der Waals surface area contributed by atoms with Crippen molar-refractivity contribution in [2.45, 2.75) is 31.7 Å². The van der Waals surface area contributed by atoms with Crippen LogP contribution in [0, 0.1) is 11.6 Å². The summed E-state index contributed by atoms with van der Waals surface area (Å²) in [6, 6.07) is 2.47. The Bertz CT molecular complexity index is 484. The standard InChI is InChI=1S/C13H14BrF2NO/c1-13(5-2-6-17-13)11(18)7-8-10(15)4-3-9(14)12(8)16/h3-4,17H,2,5-7H2,1H3. The first kappa shape index (κ1) is 13.6. The van der Waals surface area contributed by atoms with Crippen LogP contribution < -0.4 is 5.32 Å². The smallest absolute Gasteiger partial charge is 0.157 e. The van der Waals surface area contributed by atoms with Crippen molar-refractivity contribution in [1.29, 1.82) is 0 Å². The predicted octanol–water partition coefficient (Wildman–Crippen LogP) is 2.98. The number of carbonyl (C=O) groups excluding carboxylic acids is 1. The van der Waals surface area contributed by atoms with Crippen LogP contribution in [-0.4, -0.2) is 17.9 Å². The van der Waals surface area contributed by atoms with Gasteiger partial charge in [0.05, 0.1) is 10.0 Å². The second-order valence-corrected chi connectivity index (χ2v) is 5.64. The van der Waals surface area contributed by atoms with Crippen LogP contribution in [0.1, 0.15) is 25.3 Å². The molecule has 0 saturated carbocycles. The van der Waals surface area contributed by atoms with E-state index in [0.717, 1.165) is 13.0 Å². The number of halogens is 3. The lowest BCUT2D eigenvalue weighted by atomic mass is 9.90. The average Bonchev–Trinajstić information content (AvgIpc) is 2.78. The number of hydrogen-bond acceptors (Lipinski definition) is 2. The number of rotatable bonds is 3. The van der Waals surface area contributed by atoms with E-state index >= 15 is 0 Å². The van der Waals surface area contributed by atoms with Crippen molar-refractivity contribution < 1.29 is 13.6 Å². The molecular formula is C13H14BrF2NO. The van der Waals surface area contributed by atoms with Gasteiger partial charge in [0, 0.05) is 12.0 Å². The highest BCUT2D eigenvalue weighted by Gasteiger charge is 2.36. The van der Waals surface area contributed by atoms with Gasteiger partial charge in [0.15, 0.2) is 5.78 Å². The van der Waals surface area contributed by atoms with Crippen molar-refractivity contribution in [2.24, 2.45) is 0 Å². The van der Waals surface area contributed by atoms with Crippen LogP contribution in [0.4, 0.5) is 8.78 Å². The molecule has 1 atom stereocenters. The first-order chi connectivity index (χ1) is 8.44. The third-order valence-electron chi connectivity index (χ3n) is 3.46. The normalized spacial score (nSPS) is 23.3. The van der Waals surface area contributed by atoms with E-state index in [1.165, 1.54) is 12.1 Å². The molecule has 1 aliphatic rings. The van der Waals surface area contributed by atoms with E-state index in [1.807, 2.05) is 0 Å². The fourth-order valence-corrected chi connectivity index (χ4v) is 2.59. The molecule has 1 heterocycles. The molecule has 1 saturated heterocycles. The van der Waals surface area contributed by atoms with E-state index in [1.54, 1.807) is 6.92 Å². The third-order valence-corrected chi connectivity index (χ3v) is 4.07. The first-order valence-electron chi connectivity index (χ1n) is 5.85. The SMILES string of the molecule is CC1(C(=O)Cc2c(F)ccc(Br)c2F)CCCN1. The van der Waals surface area contributed by atoms with E-state index in [2.05, 4.69) is 21.2 Å². The number of Topliss-reactive ketones (excluding diaryl/α,β-unsaturated/α-hetero) is 1. The van der Waals surface area contributed by atoms with Crippen molar-refractivity contribution in [3.05, 3.63) is 33.8 Å². The van der Waals surface area contributed by atoms with E-state index in [9.17, 15) is 13.6 Å². The summed E-state index contributed by atoms with van der Waals surface area (Å²) in [5.74, 6) is -1.54. The van der Waals surface area contributed by atoms with Crippen LogP contribution in [0.15, 0.2) is 16.6 Å². The molecule has 1 N–H and O–H groups in total. The minimum Gasteiger partial charge on any atom is -0.305 e. The highest BCUT2D eigenvalue weighted by molar-refractivity contribution is 9.10. The Balaban J connectivity index is 2.24. The summed E-state index contributed by atoms with van der Waals surface area (Å²) in [5, 5.41) is 3.10. The number of benzene rings is 1. The number of hydrogen-bond donors (Lipinski definition) is 1. The van der Waals surface area contributed by atoms with E-state index in [-0.39, 0.29) is 22.2 Å². The maximum atomic E-state index is 13.8. The number of nitrogens with one attached hydrogen (secondary N) is 1. The van der Waals surface area contributed by atoms with E-state index < -0.39 is 17.2 Å². The molecule has 18 heavy (non-hydrogen) atoms. The summed E-state index contributed by atoms with van der Waals surface area (Å²) in [4.78, 5) is 12.1. The molecular weight excluding hydrogens is 304 g/mol. The molecule has 0 amide bonds. The summed E-state index contributed by atoms with van der Waals surface area (Å²) in [5.41, 5.74) is -0.814. The van der Waals surface area contributed by atoms with Gasteiger partial charge >= 0.3 is 0 Å². The molecule has 5 heteroatoms. The van der Waals surface area contributed by atoms with Crippen LogP contribution in [-0.2, 0) is 11.2 Å². The van der Waals surface area contributed by atoms with Gasteiger partial charge in [-0.1, -0.05) is 0 Å². The number of carbonyl (C=O) groups is 1. The zero-order chi connectivity index (χ0) is 13.3. The Kier molecular flexibility index (Phi) is 3.82. The topological polar surface area (TPSA) is 29.1 Å². The molecule has 2 nitrogen and oxygen atoms in total. The van der Waals surface area contributed by atoms with Gasteiger partial charge in [-0.15, -0.1) is 0 Å². The minimum atomic E-state index is -0.690. The predicted molar refractivity (Wildman–Crippen MR) is 68.4 cm³/mol. The lowest BCUT2D eigenvalue weighted by molar-refractivity contribution is -0.123. The van der Waals surface area contributed by atoms with E-state index in [0.29, 0.717) is 6.42 Å². The molecule has 0 spiro atoms. The number of ketones is 1. The molecule has 2 rings (SSSR count). The van der Waals surface area contributed by atoms with E-state index in [4.69, 9.17) is 0 Å². The maximum Gasteiger partial charge on any atom is 0.157 e. The van der Waals surface area contributed by atoms with Crippen LogP contribution in [0.2, 0.25) is 0 Å². The van der Waals surface area contributed by atoms with Crippen LogP contribution >= 0.6 is 15.9 Å². The zero-order valence-corrected chi connectivity index (χ0v) is 11.6. The van der Waals surface area contributed by atoms with Crippen molar-refractivity contribution in [3.63, 3.8) is 0 Å². The van der Waals surface area contributed by atoms with Gasteiger partial charge in [0.2, 0.25) is 0 Å². The fraction of sp³-hybridized carbons (Fsp3) is 0.462. The Hall–Kier alpha value is -0.810. The van der Waals surface area contributed by atoms with Gasteiger partial charge in [-0.2, -0.15) is 0 Å². The van der Waals surface area contributed by atoms with Crippen molar-refractivity contribution in [1.82, 2.24) is 5.32 Å². The highest BCUT2D eigenvalue weighted by Crippen LogP contribution is 2.26. The largest absolute Gasteiger partial charge is 0.305 e. The Morgan fingerprint density at radius 1 is 1.50 bits per heavy atom. The summed E-state index contributed by atoms with van der Waals surface area (Å²) >= 11 is 3.00. The van der Waals surface area contributed by atoms with Gasteiger partial charge in [-0.25, -0.2) is 8.78 Å². The molecule has 1 aromatic carbocycles. The summed E-state index contributed by atoms with van der Waals surface area (Å²) in [6.45, 7) is 2.56. The molecule has 0 aromatic heterocycles. The highest BCUT2D eigenvalue weighted by atomic mass is 79.9. The first-order valence-corrected chi connectivity index (χ1v) is 6.64. The van der Waals surface area contributed by atoms with Crippen LogP contribution in [0.5, 0.6) is 0 Å². The second-order valence-electron chi connectivity index (χ2n) is 4.78. The lowest BCUT2D eigenvalue weighted by Crippen LogP contribution is -2.45. The lowest BCUT2D eigenvalue weighted by Gasteiger charge is -2.22. The Morgan fingerprint density at radius 2 is 2.22 bits per heavy atom. The molecule has 1 fully saturated rings. The molecule has 0 radical (unpaired) electrons. The third kappa shape index (κ3) is 2.47. The zero-order valence-electron chi connectivity index (χ0n) is 10.0. The van der Waals surface area contributed by atoms with Crippen molar-refractivity contribution in [2.75, 3.05) is 6.54 Å². The molecule has 1 unspecified atom stereocenters.